The minimum atomic E-state index is 0.454. The maximum Gasteiger partial charge on any atom is 0.126 e. The van der Waals surface area contributed by atoms with E-state index in [0.29, 0.717) is 6.04 Å². The summed E-state index contributed by atoms with van der Waals surface area (Å²) in [5.41, 5.74) is 2.08. The van der Waals surface area contributed by atoms with E-state index in [0.717, 1.165) is 28.5 Å². The molecule has 4 heteroatoms. The summed E-state index contributed by atoms with van der Waals surface area (Å²) in [6.45, 7) is 6.32. The van der Waals surface area contributed by atoms with E-state index >= 15 is 0 Å². The Bertz CT molecular complexity index is 476. The normalized spacial score (nSPS) is 12.4. The van der Waals surface area contributed by atoms with E-state index in [4.69, 9.17) is 0 Å². The molecule has 0 aliphatic heterocycles. The Morgan fingerprint density at radius 1 is 1.41 bits per heavy atom. The van der Waals surface area contributed by atoms with Crippen molar-refractivity contribution >= 4 is 17.2 Å². The van der Waals surface area contributed by atoms with Crippen LogP contribution in [0.4, 0.5) is 5.82 Å². The predicted octanol–water partition coefficient (Wildman–Crippen LogP) is 3.72. The Balaban J connectivity index is 2.13. The second-order valence-corrected chi connectivity index (χ2v) is 5.20. The van der Waals surface area contributed by atoms with Gasteiger partial charge in [0, 0.05) is 23.2 Å². The van der Waals surface area contributed by atoms with E-state index < -0.39 is 0 Å². The van der Waals surface area contributed by atoms with Crippen molar-refractivity contribution < 1.29 is 0 Å². The van der Waals surface area contributed by atoms with Crippen LogP contribution in [0.15, 0.2) is 23.7 Å². The molecular weight excluding hydrogens is 230 g/mol. The summed E-state index contributed by atoms with van der Waals surface area (Å²) in [5, 5.41) is 6.50. The molecule has 0 amide bonds. The third-order valence-corrected chi connectivity index (χ3v) is 3.46. The highest BCUT2D eigenvalue weighted by atomic mass is 32.1. The molecule has 0 saturated heterocycles. The molecule has 0 spiro atoms. The molecule has 1 N–H and O–H groups in total. The van der Waals surface area contributed by atoms with E-state index in [1.54, 1.807) is 11.3 Å². The first-order valence-corrected chi connectivity index (χ1v) is 6.72. The van der Waals surface area contributed by atoms with Crippen LogP contribution in [-0.2, 0) is 0 Å². The zero-order valence-corrected chi connectivity index (χ0v) is 11.2. The quantitative estimate of drug-likeness (QED) is 0.894. The lowest BCUT2D eigenvalue weighted by atomic mass is 10.2. The minimum absolute atomic E-state index is 0.454. The Morgan fingerprint density at radius 3 is 2.76 bits per heavy atom. The van der Waals surface area contributed by atoms with Crippen molar-refractivity contribution in [3.8, 4) is 11.3 Å². The van der Waals surface area contributed by atoms with Crippen LogP contribution in [0, 0.1) is 6.92 Å². The van der Waals surface area contributed by atoms with Crippen molar-refractivity contribution in [1.29, 1.82) is 0 Å². The highest BCUT2D eigenvalue weighted by Crippen LogP contribution is 2.21. The molecule has 2 aromatic heterocycles. The largest absolute Gasteiger partial charge is 0.368 e. The van der Waals surface area contributed by atoms with Gasteiger partial charge in [0.05, 0.1) is 10.7 Å². The fraction of sp³-hybridized carbons (Fsp3) is 0.385. The summed E-state index contributed by atoms with van der Waals surface area (Å²) < 4.78 is 0. The van der Waals surface area contributed by atoms with Gasteiger partial charge in [0.1, 0.15) is 5.82 Å². The number of rotatable bonds is 4. The second-order valence-electron chi connectivity index (χ2n) is 4.14. The van der Waals surface area contributed by atoms with Gasteiger partial charge in [-0.1, -0.05) is 6.92 Å². The number of nitrogens with zero attached hydrogens (tertiary/aromatic N) is 2. The van der Waals surface area contributed by atoms with Crippen molar-refractivity contribution in [2.24, 2.45) is 0 Å². The minimum Gasteiger partial charge on any atom is -0.368 e. The van der Waals surface area contributed by atoms with E-state index in [1.807, 2.05) is 19.2 Å². The lowest BCUT2D eigenvalue weighted by molar-refractivity contribution is 0.759. The third-order valence-electron chi connectivity index (χ3n) is 2.68. The van der Waals surface area contributed by atoms with Crippen LogP contribution in [0.1, 0.15) is 25.3 Å². The van der Waals surface area contributed by atoms with Gasteiger partial charge in [-0.05, 0) is 32.4 Å². The first-order chi connectivity index (χ1) is 8.19. The SMILES string of the molecule is CC[C@@H](C)Nc1ccc(-c2csc(C)n2)cn1. The number of anilines is 1. The summed E-state index contributed by atoms with van der Waals surface area (Å²) in [5.74, 6) is 0.926. The highest BCUT2D eigenvalue weighted by Gasteiger charge is 2.04. The Morgan fingerprint density at radius 2 is 2.24 bits per heavy atom. The van der Waals surface area contributed by atoms with Crippen molar-refractivity contribution in [3.63, 3.8) is 0 Å². The number of aryl methyl sites for hydroxylation is 1. The molecular formula is C13H17N3S. The molecule has 90 valence electrons. The number of hydrogen-bond donors (Lipinski definition) is 1. The standard InChI is InChI=1S/C13H17N3S/c1-4-9(2)15-13-6-5-11(7-14-13)12-8-17-10(3)16-12/h5-9H,4H2,1-3H3,(H,14,15)/t9-/m1/s1. The number of nitrogens with one attached hydrogen (secondary N) is 1. The average molecular weight is 247 g/mol. The third kappa shape index (κ3) is 3.03. The molecule has 0 saturated carbocycles. The van der Waals surface area contributed by atoms with Crippen LogP contribution < -0.4 is 5.32 Å². The molecule has 2 heterocycles. The predicted molar refractivity (Wildman–Crippen MR) is 73.5 cm³/mol. The maximum atomic E-state index is 4.45. The molecule has 0 aliphatic carbocycles. The van der Waals surface area contributed by atoms with Gasteiger partial charge in [-0.15, -0.1) is 11.3 Å². The smallest absolute Gasteiger partial charge is 0.126 e. The molecule has 2 rings (SSSR count). The van der Waals surface area contributed by atoms with E-state index in [9.17, 15) is 0 Å². The molecule has 17 heavy (non-hydrogen) atoms. The molecule has 0 aliphatic rings. The molecule has 0 radical (unpaired) electrons. The van der Waals surface area contributed by atoms with Gasteiger partial charge in [0.15, 0.2) is 0 Å². The van der Waals surface area contributed by atoms with Crippen LogP contribution in [0.2, 0.25) is 0 Å². The zero-order valence-electron chi connectivity index (χ0n) is 10.4. The lowest BCUT2D eigenvalue weighted by Crippen LogP contribution is -2.14. The van der Waals surface area contributed by atoms with Crippen LogP contribution >= 0.6 is 11.3 Å². The van der Waals surface area contributed by atoms with Gasteiger partial charge in [-0.25, -0.2) is 9.97 Å². The molecule has 0 aromatic carbocycles. The fourth-order valence-electron chi connectivity index (χ4n) is 1.48. The maximum absolute atomic E-state index is 4.45. The van der Waals surface area contributed by atoms with Crippen LogP contribution in [0.5, 0.6) is 0 Å². The summed E-state index contributed by atoms with van der Waals surface area (Å²) >= 11 is 1.66. The summed E-state index contributed by atoms with van der Waals surface area (Å²) in [6.07, 6.45) is 2.97. The second kappa shape index (κ2) is 5.27. The average Bonchev–Trinajstić information content (AvgIpc) is 2.77. The monoisotopic (exact) mass is 247 g/mol. The Hall–Kier alpha value is -1.42. The van der Waals surface area contributed by atoms with Crippen LogP contribution in [0.25, 0.3) is 11.3 Å². The van der Waals surface area contributed by atoms with Crippen molar-refractivity contribution in [2.45, 2.75) is 33.2 Å². The van der Waals surface area contributed by atoms with Crippen LogP contribution in [-0.4, -0.2) is 16.0 Å². The van der Waals surface area contributed by atoms with Crippen LogP contribution in [0.3, 0.4) is 0 Å². The topological polar surface area (TPSA) is 37.8 Å². The summed E-state index contributed by atoms with van der Waals surface area (Å²) in [6, 6.07) is 4.53. The first kappa shape index (κ1) is 12.0. The van der Waals surface area contributed by atoms with Gasteiger partial charge < -0.3 is 5.32 Å². The highest BCUT2D eigenvalue weighted by molar-refractivity contribution is 7.09. The zero-order chi connectivity index (χ0) is 12.3. The number of hydrogen-bond acceptors (Lipinski definition) is 4. The van der Waals surface area contributed by atoms with E-state index in [-0.39, 0.29) is 0 Å². The van der Waals surface area contributed by atoms with Gasteiger partial charge >= 0.3 is 0 Å². The molecule has 0 fully saturated rings. The molecule has 0 bridgehead atoms. The molecule has 0 unspecified atom stereocenters. The number of thiazole rings is 1. The summed E-state index contributed by atoms with van der Waals surface area (Å²) in [7, 11) is 0. The van der Waals surface area contributed by atoms with Crippen molar-refractivity contribution in [2.75, 3.05) is 5.32 Å². The van der Waals surface area contributed by atoms with Gasteiger partial charge in [-0.3, -0.25) is 0 Å². The molecule has 2 aromatic rings. The Labute approximate surface area is 106 Å². The lowest BCUT2D eigenvalue weighted by Gasteiger charge is -2.11. The fourth-order valence-corrected chi connectivity index (χ4v) is 2.10. The first-order valence-electron chi connectivity index (χ1n) is 5.84. The van der Waals surface area contributed by atoms with E-state index in [2.05, 4.69) is 40.6 Å². The molecule has 3 nitrogen and oxygen atoms in total. The number of aromatic nitrogens is 2. The number of pyridine rings is 1. The van der Waals surface area contributed by atoms with Gasteiger partial charge in [0.25, 0.3) is 0 Å². The van der Waals surface area contributed by atoms with Gasteiger partial charge in [-0.2, -0.15) is 0 Å². The Kier molecular flexibility index (Phi) is 3.74. The van der Waals surface area contributed by atoms with Crippen molar-refractivity contribution in [3.05, 3.63) is 28.7 Å². The van der Waals surface area contributed by atoms with Crippen molar-refractivity contribution in [1.82, 2.24) is 9.97 Å². The molecule has 1 atom stereocenters. The van der Waals surface area contributed by atoms with E-state index in [1.165, 1.54) is 0 Å². The van der Waals surface area contributed by atoms with Gasteiger partial charge in [0.2, 0.25) is 0 Å². The summed E-state index contributed by atoms with van der Waals surface area (Å²) in [4.78, 5) is 8.85.